The third-order valence-corrected chi connectivity index (χ3v) is 2.88. The molecule has 98 valence electrons. The summed E-state index contributed by atoms with van der Waals surface area (Å²) < 4.78 is 1.25. The van der Waals surface area contributed by atoms with Gasteiger partial charge in [-0.1, -0.05) is 0 Å². The molecule has 1 atom stereocenters. The number of aliphatic carboxylic acids is 1. The van der Waals surface area contributed by atoms with Gasteiger partial charge in [0.05, 0.1) is 11.9 Å². The number of carbonyl (C=O) groups excluding carboxylic acids is 1. The van der Waals surface area contributed by atoms with Gasteiger partial charge >= 0.3 is 12.0 Å². The number of nitrogens with zero attached hydrogens (tertiary/aromatic N) is 2. The third-order valence-electron chi connectivity index (χ3n) is 2.88. The van der Waals surface area contributed by atoms with Gasteiger partial charge in [0.15, 0.2) is 0 Å². The van der Waals surface area contributed by atoms with E-state index < -0.39 is 5.97 Å². The first-order chi connectivity index (χ1) is 8.54. The highest BCUT2D eigenvalue weighted by molar-refractivity contribution is 5.89. The number of amides is 2. The summed E-state index contributed by atoms with van der Waals surface area (Å²) in [6.07, 6.45) is 5.23. The Kier molecular flexibility index (Phi) is 3.50. The predicted molar refractivity (Wildman–Crippen MR) is 64.2 cm³/mol. The molecule has 7 nitrogen and oxygen atoms in total. The van der Waals surface area contributed by atoms with Gasteiger partial charge in [0, 0.05) is 12.2 Å². The normalized spacial score (nSPS) is 16.1. The number of hydrogen-bond acceptors (Lipinski definition) is 3. The molecule has 2 amide bonds. The zero-order valence-corrected chi connectivity index (χ0v) is 10.1. The molecule has 0 aromatic carbocycles. The molecule has 0 aliphatic heterocycles. The Morgan fingerprint density at radius 3 is 2.94 bits per heavy atom. The van der Waals surface area contributed by atoms with Crippen molar-refractivity contribution in [3.63, 3.8) is 0 Å². The van der Waals surface area contributed by atoms with Crippen LogP contribution in [0.5, 0.6) is 0 Å². The number of carboxylic acid groups (broad SMARTS) is 1. The number of nitrogens with one attached hydrogen (secondary N) is 2. The Bertz CT molecular complexity index is 453. The zero-order valence-electron chi connectivity index (χ0n) is 10.1. The van der Waals surface area contributed by atoms with E-state index in [0.29, 0.717) is 11.6 Å². The van der Waals surface area contributed by atoms with Gasteiger partial charge in [0.2, 0.25) is 0 Å². The van der Waals surface area contributed by atoms with Crippen molar-refractivity contribution >= 4 is 17.7 Å². The summed E-state index contributed by atoms with van der Waals surface area (Å²) >= 11 is 0. The molecule has 1 heterocycles. The van der Waals surface area contributed by atoms with Crippen LogP contribution in [0.3, 0.4) is 0 Å². The van der Waals surface area contributed by atoms with E-state index in [2.05, 4.69) is 15.7 Å². The van der Waals surface area contributed by atoms with Crippen LogP contribution in [0.1, 0.15) is 19.8 Å². The number of carboxylic acids is 1. The van der Waals surface area contributed by atoms with E-state index in [1.54, 1.807) is 0 Å². The van der Waals surface area contributed by atoms with Crippen LogP contribution < -0.4 is 10.6 Å². The molecule has 1 unspecified atom stereocenters. The van der Waals surface area contributed by atoms with E-state index in [-0.39, 0.29) is 18.6 Å². The lowest BCUT2D eigenvalue weighted by Crippen LogP contribution is -2.37. The molecule has 0 spiro atoms. The van der Waals surface area contributed by atoms with Gasteiger partial charge in [-0.25, -0.2) is 4.79 Å². The Hall–Kier alpha value is -2.05. The molecule has 18 heavy (non-hydrogen) atoms. The van der Waals surface area contributed by atoms with Crippen molar-refractivity contribution in [1.82, 2.24) is 15.1 Å². The van der Waals surface area contributed by atoms with Crippen molar-refractivity contribution < 1.29 is 14.7 Å². The van der Waals surface area contributed by atoms with Crippen molar-refractivity contribution in [3.8, 4) is 0 Å². The van der Waals surface area contributed by atoms with E-state index in [0.717, 1.165) is 12.8 Å². The van der Waals surface area contributed by atoms with Crippen LogP contribution in [0.15, 0.2) is 12.4 Å². The molecule has 0 saturated heterocycles. The molecule has 1 aromatic rings. The summed E-state index contributed by atoms with van der Waals surface area (Å²) in [6, 6.07) is -0.122. The van der Waals surface area contributed by atoms with Gasteiger partial charge in [-0.2, -0.15) is 5.10 Å². The van der Waals surface area contributed by atoms with Crippen molar-refractivity contribution in [3.05, 3.63) is 12.4 Å². The molecule has 1 saturated carbocycles. The molecule has 0 radical (unpaired) electrons. The molecule has 0 bridgehead atoms. The first-order valence-corrected chi connectivity index (χ1v) is 5.86. The van der Waals surface area contributed by atoms with Gasteiger partial charge in [0.25, 0.3) is 0 Å². The monoisotopic (exact) mass is 252 g/mol. The number of urea groups is 1. The van der Waals surface area contributed by atoms with Crippen molar-refractivity contribution in [2.75, 3.05) is 5.32 Å². The average Bonchev–Trinajstić information content (AvgIpc) is 3.02. The molecule has 3 N–H and O–H groups in total. The summed E-state index contributed by atoms with van der Waals surface area (Å²) in [6.45, 7) is 1.76. The van der Waals surface area contributed by atoms with Crippen molar-refractivity contribution in [2.45, 2.75) is 32.4 Å². The Balaban J connectivity index is 1.82. The standard InChI is InChI=1S/C11H16N4O3/c1-7(8-2-3-8)13-11(18)14-9-4-12-15(5-9)6-10(16)17/h4-5,7-8H,2-3,6H2,1H3,(H,16,17)(H2,13,14,18). The summed E-state index contributed by atoms with van der Waals surface area (Å²) in [4.78, 5) is 22.1. The smallest absolute Gasteiger partial charge is 0.325 e. The Morgan fingerprint density at radius 2 is 2.33 bits per heavy atom. The number of aromatic nitrogens is 2. The number of carbonyl (C=O) groups is 2. The quantitative estimate of drug-likeness (QED) is 0.725. The molecule has 1 fully saturated rings. The minimum Gasteiger partial charge on any atom is -0.480 e. The van der Waals surface area contributed by atoms with E-state index in [1.807, 2.05) is 6.92 Å². The maximum Gasteiger partial charge on any atom is 0.325 e. The van der Waals surface area contributed by atoms with E-state index in [1.165, 1.54) is 17.1 Å². The molecule has 1 aliphatic carbocycles. The Labute approximate surface area is 104 Å². The van der Waals surface area contributed by atoms with Crippen LogP contribution in [0.25, 0.3) is 0 Å². The largest absolute Gasteiger partial charge is 0.480 e. The number of hydrogen-bond donors (Lipinski definition) is 3. The summed E-state index contributed by atoms with van der Waals surface area (Å²) in [7, 11) is 0. The second-order valence-corrected chi connectivity index (χ2v) is 4.54. The summed E-state index contributed by atoms with van der Waals surface area (Å²) in [5, 5.41) is 17.9. The van der Waals surface area contributed by atoms with Crippen LogP contribution in [0.2, 0.25) is 0 Å². The van der Waals surface area contributed by atoms with Crippen molar-refractivity contribution in [1.29, 1.82) is 0 Å². The fraction of sp³-hybridized carbons (Fsp3) is 0.545. The van der Waals surface area contributed by atoms with Crippen molar-refractivity contribution in [2.24, 2.45) is 5.92 Å². The SMILES string of the molecule is CC(NC(=O)Nc1cnn(CC(=O)O)c1)C1CC1. The number of rotatable bonds is 5. The molecule has 1 aliphatic rings. The zero-order chi connectivity index (χ0) is 13.1. The van der Waals surface area contributed by atoms with Crippen LogP contribution in [0, 0.1) is 5.92 Å². The molecule has 1 aromatic heterocycles. The molecule has 7 heteroatoms. The maximum absolute atomic E-state index is 11.6. The predicted octanol–water partition coefficient (Wildman–Crippen LogP) is 0.888. The van der Waals surface area contributed by atoms with Crippen LogP contribution >= 0.6 is 0 Å². The van der Waals surface area contributed by atoms with E-state index in [9.17, 15) is 9.59 Å². The number of anilines is 1. The highest BCUT2D eigenvalue weighted by atomic mass is 16.4. The first kappa shape index (κ1) is 12.4. The van der Waals surface area contributed by atoms with Gasteiger partial charge in [0.1, 0.15) is 6.54 Å². The van der Waals surface area contributed by atoms with E-state index >= 15 is 0 Å². The van der Waals surface area contributed by atoms with Gasteiger partial charge in [-0.05, 0) is 25.7 Å². The molecular weight excluding hydrogens is 236 g/mol. The van der Waals surface area contributed by atoms with Crippen LogP contribution in [-0.4, -0.2) is 32.9 Å². The minimum atomic E-state index is -0.976. The molecular formula is C11H16N4O3. The third kappa shape index (κ3) is 3.47. The van der Waals surface area contributed by atoms with E-state index in [4.69, 9.17) is 5.11 Å². The second kappa shape index (κ2) is 5.07. The second-order valence-electron chi connectivity index (χ2n) is 4.54. The van der Waals surface area contributed by atoms with Crippen LogP contribution in [-0.2, 0) is 11.3 Å². The highest BCUT2D eigenvalue weighted by Crippen LogP contribution is 2.32. The minimum absolute atomic E-state index is 0.166. The molecule has 2 rings (SSSR count). The van der Waals surface area contributed by atoms with Crippen LogP contribution in [0.4, 0.5) is 10.5 Å². The lowest BCUT2D eigenvalue weighted by molar-refractivity contribution is -0.137. The first-order valence-electron chi connectivity index (χ1n) is 5.86. The maximum atomic E-state index is 11.6. The summed E-state index contributed by atoms with van der Waals surface area (Å²) in [5.74, 6) is -0.387. The van der Waals surface area contributed by atoms with Gasteiger partial charge in [-0.3, -0.25) is 9.48 Å². The lowest BCUT2D eigenvalue weighted by atomic mass is 10.2. The highest BCUT2D eigenvalue weighted by Gasteiger charge is 2.28. The Morgan fingerprint density at radius 1 is 1.61 bits per heavy atom. The fourth-order valence-corrected chi connectivity index (χ4v) is 1.74. The van der Waals surface area contributed by atoms with Gasteiger partial charge < -0.3 is 15.7 Å². The average molecular weight is 252 g/mol. The summed E-state index contributed by atoms with van der Waals surface area (Å²) in [5.41, 5.74) is 0.483. The lowest BCUT2D eigenvalue weighted by Gasteiger charge is -2.12. The topological polar surface area (TPSA) is 96.3 Å². The fourth-order valence-electron chi connectivity index (χ4n) is 1.74. The van der Waals surface area contributed by atoms with Gasteiger partial charge in [-0.15, -0.1) is 0 Å².